The summed E-state index contributed by atoms with van der Waals surface area (Å²) in [6, 6.07) is 5.90. The van der Waals surface area contributed by atoms with Crippen LogP contribution < -0.4 is 5.56 Å². The number of β-amino-alcohol motifs (C(OH)–C–C–N with tert-alkyl or cyclic N) is 1. The molecule has 29 heavy (non-hydrogen) atoms. The minimum atomic E-state index is -0.512. The van der Waals surface area contributed by atoms with Gasteiger partial charge in [0.2, 0.25) is 5.65 Å². The number of halogens is 1. The third-order valence-corrected chi connectivity index (χ3v) is 4.91. The summed E-state index contributed by atoms with van der Waals surface area (Å²) in [6.45, 7) is 4.74. The van der Waals surface area contributed by atoms with Crippen LogP contribution in [0.3, 0.4) is 0 Å². The van der Waals surface area contributed by atoms with Gasteiger partial charge in [-0.05, 0) is 43.7 Å². The summed E-state index contributed by atoms with van der Waals surface area (Å²) < 4.78 is 16.5. The monoisotopic (exact) mass is 396 g/mol. The van der Waals surface area contributed by atoms with Crippen molar-refractivity contribution in [3.8, 4) is 11.3 Å². The number of hydrogen-bond acceptors (Lipinski definition) is 4. The zero-order chi connectivity index (χ0) is 20.7. The van der Waals surface area contributed by atoms with E-state index in [1.165, 1.54) is 27.6 Å². The van der Waals surface area contributed by atoms with E-state index < -0.39 is 6.10 Å². The SMILES string of the molecule is CC(C)=CCn1c(-c2ccc(F)cc2)cn2cc(C(=O)N3CC(O)C3)nc2c1=O. The smallest absolute Gasteiger partial charge is 0.295 e. The second kappa shape index (κ2) is 7.29. The van der Waals surface area contributed by atoms with Crippen molar-refractivity contribution in [3.05, 3.63) is 70.2 Å². The highest BCUT2D eigenvalue weighted by molar-refractivity contribution is 5.93. The minimum absolute atomic E-state index is 0.141. The molecule has 8 heteroatoms. The van der Waals surface area contributed by atoms with Crippen molar-refractivity contribution in [3.63, 3.8) is 0 Å². The molecule has 3 heterocycles. The van der Waals surface area contributed by atoms with Crippen molar-refractivity contribution in [2.75, 3.05) is 13.1 Å². The fourth-order valence-electron chi connectivity index (χ4n) is 3.27. The number of allylic oxidation sites excluding steroid dienone is 2. The predicted molar refractivity (Wildman–Crippen MR) is 106 cm³/mol. The molecule has 0 unspecified atom stereocenters. The molecule has 2 aromatic heterocycles. The molecule has 0 saturated carbocycles. The summed E-state index contributed by atoms with van der Waals surface area (Å²) in [7, 11) is 0. The van der Waals surface area contributed by atoms with E-state index in [4.69, 9.17) is 0 Å². The molecule has 1 aliphatic rings. The molecular weight excluding hydrogens is 375 g/mol. The van der Waals surface area contributed by atoms with Crippen LogP contribution in [0.2, 0.25) is 0 Å². The Hall–Kier alpha value is -3.26. The number of likely N-dealkylation sites (tertiary alicyclic amines) is 1. The maximum Gasteiger partial charge on any atom is 0.295 e. The standard InChI is InChI=1S/C21H21FN4O3/c1-13(2)7-8-26-18(14-3-5-15(22)6-4-14)12-24-11-17(23-19(24)21(26)29)20(28)25-9-16(27)10-25/h3-7,11-12,16,27H,8-10H2,1-2H3. The number of nitrogens with zero attached hydrogens (tertiary/aromatic N) is 4. The number of fused-ring (bicyclic) bond motifs is 1. The molecule has 1 saturated heterocycles. The van der Waals surface area contributed by atoms with Crippen LogP contribution in [0.25, 0.3) is 16.9 Å². The third kappa shape index (κ3) is 3.58. The van der Waals surface area contributed by atoms with E-state index in [9.17, 15) is 19.1 Å². The Balaban J connectivity index is 1.85. The van der Waals surface area contributed by atoms with E-state index >= 15 is 0 Å². The molecule has 3 aromatic rings. The van der Waals surface area contributed by atoms with Crippen molar-refractivity contribution in [2.24, 2.45) is 0 Å². The van der Waals surface area contributed by atoms with Gasteiger partial charge in [-0.3, -0.25) is 18.6 Å². The van der Waals surface area contributed by atoms with Crippen molar-refractivity contribution in [2.45, 2.75) is 26.5 Å². The molecule has 1 N–H and O–H groups in total. The summed E-state index contributed by atoms with van der Waals surface area (Å²) in [5.74, 6) is -0.683. The van der Waals surface area contributed by atoms with E-state index in [0.29, 0.717) is 17.8 Å². The second-order valence-corrected chi connectivity index (χ2v) is 7.44. The highest BCUT2D eigenvalue weighted by atomic mass is 19.1. The molecule has 0 radical (unpaired) electrons. The number of imidazole rings is 1. The molecule has 1 amide bonds. The van der Waals surface area contributed by atoms with Gasteiger partial charge in [0.1, 0.15) is 11.5 Å². The first-order chi connectivity index (χ1) is 13.8. The molecule has 7 nitrogen and oxygen atoms in total. The molecule has 0 atom stereocenters. The van der Waals surface area contributed by atoms with Gasteiger partial charge in [0.15, 0.2) is 0 Å². The average molecular weight is 396 g/mol. The number of amides is 1. The molecule has 0 aliphatic carbocycles. The number of carbonyl (C=O) groups excluding carboxylic acids is 1. The quantitative estimate of drug-likeness (QED) is 0.685. The number of aliphatic hydroxyl groups excluding tert-OH is 1. The van der Waals surface area contributed by atoms with Crippen LogP contribution in [0.5, 0.6) is 0 Å². The van der Waals surface area contributed by atoms with E-state index in [1.807, 2.05) is 19.9 Å². The third-order valence-electron chi connectivity index (χ3n) is 4.91. The van der Waals surface area contributed by atoms with Gasteiger partial charge < -0.3 is 10.0 Å². The van der Waals surface area contributed by atoms with Gasteiger partial charge >= 0.3 is 0 Å². The topological polar surface area (TPSA) is 79.8 Å². The summed E-state index contributed by atoms with van der Waals surface area (Å²) >= 11 is 0. The first kappa shape index (κ1) is 19.1. The van der Waals surface area contributed by atoms with Gasteiger partial charge in [-0.25, -0.2) is 9.37 Å². The lowest BCUT2D eigenvalue weighted by molar-refractivity contribution is 0.00555. The number of carbonyl (C=O) groups is 1. The van der Waals surface area contributed by atoms with Gasteiger partial charge in [-0.2, -0.15) is 0 Å². The Morgan fingerprint density at radius 3 is 2.55 bits per heavy atom. The van der Waals surface area contributed by atoms with Crippen LogP contribution in [0, 0.1) is 5.82 Å². The van der Waals surface area contributed by atoms with Crippen molar-refractivity contribution in [1.29, 1.82) is 0 Å². The molecule has 1 fully saturated rings. The van der Waals surface area contributed by atoms with Crippen LogP contribution in [-0.4, -0.2) is 49.1 Å². The molecule has 4 rings (SSSR count). The van der Waals surface area contributed by atoms with Crippen LogP contribution in [0.4, 0.5) is 4.39 Å². The highest BCUT2D eigenvalue weighted by Crippen LogP contribution is 2.20. The lowest BCUT2D eigenvalue weighted by Gasteiger charge is -2.35. The zero-order valence-corrected chi connectivity index (χ0v) is 16.2. The van der Waals surface area contributed by atoms with Crippen LogP contribution in [0.1, 0.15) is 24.3 Å². The van der Waals surface area contributed by atoms with Gasteiger partial charge in [-0.1, -0.05) is 11.6 Å². The maximum atomic E-state index is 13.4. The molecule has 0 spiro atoms. The number of hydrogen-bond donors (Lipinski definition) is 1. The molecule has 150 valence electrons. The Morgan fingerprint density at radius 2 is 1.93 bits per heavy atom. The highest BCUT2D eigenvalue weighted by Gasteiger charge is 2.31. The summed E-state index contributed by atoms with van der Waals surface area (Å²) in [6.07, 6.45) is 4.64. The zero-order valence-electron chi connectivity index (χ0n) is 16.2. The predicted octanol–water partition coefficient (Wildman–Crippen LogP) is 2.08. The Morgan fingerprint density at radius 1 is 1.24 bits per heavy atom. The minimum Gasteiger partial charge on any atom is -0.389 e. The lowest BCUT2D eigenvalue weighted by Crippen LogP contribution is -2.53. The fourth-order valence-corrected chi connectivity index (χ4v) is 3.27. The van der Waals surface area contributed by atoms with E-state index in [-0.39, 0.29) is 41.7 Å². The van der Waals surface area contributed by atoms with Crippen LogP contribution in [-0.2, 0) is 6.54 Å². The van der Waals surface area contributed by atoms with Gasteiger partial charge in [0, 0.05) is 32.0 Å². The number of aromatic nitrogens is 3. The summed E-state index contributed by atoms with van der Waals surface area (Å²) in [5, 5.41) is 9.42. The summed E-state index contributed by atoms with van der Waals surface area (Å²) in [4.78, 5) is 31.4. The van der Waals surface area contributed by atoms with E-state index in [2.05, 4.69) is 4.98 Å². The number of aliphatic hydroxyl groups is 1. The maximum absolute atomic E-state index is 13.4. The van der Waals surface area contributed by atoms with E-state index in [1.54, 1.807) is 22.9 Å². The second-order valence-electron chi connectivity index (χ2n) is 7.44. The Kier molecular flexibility index (Phi) is 4.79. The Labute approximate surface area is 166 Å². The molecular formula is C21H21FN4O3. The van der Waals surface area contributed by atoms with Crippen molar-refractivity contribution < 1.29 is 14.3 Å². The fraction of sp³-hybridized carbons (Fsp3) is 0.286. The van der Waals surface area contributed by atoms with Gasteiger partial charge in [0.05, 0.1) is 11.8 Å². The van der Waals surface area contributed by atoms with Crippen molar-refractivity contribution >= 4 is 11.6 Å². The largest absolute Gasteiger partial charge is 0.389 e. The van der Waals surface area contributed by atoms with Crippen LogP contribution >= 0.6 is 0 Å². The molecule has 1 aromatic carbocycles. The van der Waals surface area contributed by atoms with E-state index in [0.717, 1.165) is 5.57 Å². The number of rotatable bonds is 4. The number of benzene rings is 1. The van der Waals surface area contributed by atoms with Gasteiger partial charge in [0.25, 0.3) is 11.5 Å². The molecule has 0 bridgehead atoms. The summed E-state index contributed by atoms with van der Waals surface area (Å²) in [5.41, 5.74) is 2.28. The van der Waals surface area contributed by atoms with Gasteiger partial charge in [-0.15, -0.1) is 0 Å². The van der Waals surface area contributed by atoms with Crippen molar-refractivity contribution in [1.82, 2.24) is 18.9 Å². The lowest BCUT2D eigenvalue weighted by atomic mass is 10.1. The Bertz CT molecular complexity index is 1170. The average Bonchev–Trinajstić information content (AvgIpc) is 3.09. The van der Waals surface area contributed by atoms with Crippen LogP contribution in [0.15, 0.2) is 53.1 Å². The molecule has 1 aliphatic heterocycles. The first-order valence-corrected chi connectivity index (χ1v) is 9.32. The normalized spacial score (nSPS) is 14.1. The first-order valence-electron chi connectivity index (χ1n) is 9.32.